The van der Waals surface area contributed by atoms with Crippen LogP contribution in [0.2, 0.25) is 0 Å². The fourth-order valence-corrected chi connectivity index (χ4v) is 2.59. The van der Waals surface area contributed by atoms with E-state index in [1.165, 1.54) is 22.3 Å². The van der Waals surface area contributed by atoms with Gasteiger partial charge in [-0.15, -0.1) is 0 Å². The lowest BCUT2D eigenvalue weighted by Crippen LogP contribution is -2.04. The Morgan fingerprint density at radius 3 is 2.74 bits per heavy atom. The third-order valence-electron chi connectivity index (χ3n) is 3.54. The molecule has 0 unspecified atom stereocenters. The van der Waals surface area contributed by atoms with Crippen LogP contribution in [0, 0.1) is 6.92 Å². The van der Waals surface area contributed by atoms with Crippen molar-refractivity contribution >= 4 is 5.97 Å². The highest BCUT2D eigenvalue weighted by molar-refractivity contribution is 5.78. The van der Waals surface area contributed by atoms with Gasteiger partial charge in [-0.2, -0.15) is 0 Å². The van der Waals surface area contributed by atoms with Crippen molar-refractivity contribution in [2.45, 2.75) is 19.4 Å². The van der Waals surface area contributed by atoms with E-state index < -0.39 is 0 Å². The van der Waals surface area contributed by atoms with E-state index in [2.05, 4.69) is 37.3 Å². The Kier molecular flexibility index (Phi) is 3.08. The second-order valence-electron chi connectivity index (χ2n) is 4.69. The summed E-state index contributed by atoms with van der Waals surface area (Å²) in [5.74, 6) is -0.256. The molecule has 0 saturated carbocycles. The van der Waals surface area contributed by atoms with Crippen LogP contribution in [-0.2, 0) is 22.6 Å². The maximum atomic E-state index is 11.2. The van der Waals surface area contributed by atoms with Crippen LogP contribution in [0.5, 0.6) is 0 Å². The van der Waals surface area contributed by atoms with Crippen molar-refractivity contribution in [2.75, 3.05) is 0 Å². The van der Waals surface area contributed by atoms with Gasteiger partial charge in [-0.1, -0.05) is 42.5 Å². The predicted molar refractivity (Wildman–Crippen MR) is 74.5 cm³/mol. The molecule has 0 heterocycles. The molecule has 3 rings (SSSR count). The molecule has 1 aliphatic rings. The zero-order valence-electron chi connectivity index (χ0n) is 10.7. The fourth-order valence-electron chi connectivity index (χ4n) is 2.59. The molecule has 2 aromatic rings. The third kappa shape index (κ3) is 2.14. The number of fused-ring (bicyclic) bond motifs is 3. The van der Waals surface area contributed by atoms with Crippen LogP contribution in [0.1, 0.15) is 23.1 Å². The summed E-state index contributed by atoms with van der Waals surface area (Å²) in [6.45, 7) is 3.87. The highest BCUT2D eigenvalue weighted by Gasteiger charge is 2.20. The molecule has 0 fully saturated rings. The number of esters is 1. The van der Waals surface area contributed by atoms with E-state index in [0.717, 1.165) is 12.0 Å². The summed E-state index contributed by atoms with van der Waals surface area (Å²) in [5, 5.41) is 0. The fraction of sp³-hybridized carbons (Fsp3) is 0.176. The average molecular weight is 251 g/mol. The molecule has 2 aromatic carbocycles. The first kappa shape index (κ1) is 12.0. The minimum absolute atomic E-state index is 0.176. The minimum Gasteiger partial charge on any atom is -0.461 e. The zero-order chi connectivity index (χ0) is 13.2. The average Bonchev–Trinajstić information content (AvgIpc) is 2.84. The largest absolute Gasteiger partial charge is 0.461 e. The lowest BCUT2D eigenvalue weighted by molar-refractivity contribution is -0.143. The second-order valence-corrected chi connectivity index (χ2v) is 4.69. The first-order valence-corrected chi connectivity index (χ1v) is 6.43. The van der Waals surface area contributed by atoms with E-state index in [0.29, 0.717) is 6.61 Å². The molecular formula is C17H15O2. The van der Waals surface area contributed by atoms with Crippen molar-refractivity contribution in [3.8, 4) is 11.1 Å². The highest BCUT2D eigenvalue weighted by Crippen LogP contribution is 2.38. The number of hydrogen-bond donors (Lipinski definition) is 0. The number of rotatable bonds is 3. The summed E-state index contributed by atoms with van der Waals surface area (Å²) in [6.07, 6.45) is 1.10. The SMILES string of the molecule is [CH2]CC(=O)OCc1cccc2c1Cc1ccccc1-2. The lowest BCUT2D eigenvalue weighted by atomic mass is 10.0. The summed E-state index contributed by atoms with van der Waals surface area (Å²) in [4.78, 5) is 11.2. The van der Waals surface area contributed by atoms with Crippen molar-refractivity contribution in [3.63, 3.8) is 0 Å². The Labute approximate surface area is 113 Å². The maximum absolute atomic E-state index is 11.2. The van der Waals surface area contributed by atoms with Crippen LogP contribution in [0.15, 0.2) is 42.5 Å². The molecule has 95 valence electrons. The molecule has 1 aliphatic carbocycles. The van der Waals surface area contributed by atoms with Gasteiger partial charge in [0.15, 0.2) is 0 Å². The van der Waals surface area contributed by atoms with Crippen molar-refractivity contribution in [1.82, 2.24) is 0 Å². The Morgan fingerprint density at radius 1 is 1.11 bits per heavy atom. The van der Waals surface area contributed by atoms with Crippen molar-refractivity contribution in [1.29, 1.82) is 0 Å². The first-order valence-electron chi connectivity index (χ1n) is 6.43. The molecule has 2 nitrogen and oxygen atoms in total. The molecule has 0 N–H and O–H groups in total. The maximum Gasteiger partial charge on any atom is 0.306 e. The van der Waals surface area contributed by atoms with Gasteiger partial charge < -0.3 is 4.74 Å². The monoisotopic (exact) mass is 251 g/mol. The first-order chi connectivity index (χ1) is 9.29. The predicted octanol–water partition coefficient (Wildman–Crippen LogP) is 3.53. The van der Waals surface area contributed by atoms with Crippen LogP contribution >= 0.6 is 0 Å². The Balaban J connectivity index is 1.92. The number of carbonyl (C=O) groups is 1. The third-order valence-corrected chi connectivity index (χ3v) is 3.54. The molecule has 19 heavy (non-hydrogen) atoms. The van der Waals surface area contributed by atoms with E-state index in [1.54, 1.807) is 0 Å². The molecule has 1 radical (unpaired) electrons. The van der Waals surface area contributed by atoms with E-state index >= 15 is 0 Å². The molecule has 0 aliphatic heterocycles. The summed E-state index contributed by atoms with van der Waals surface area (Å²) in [5.41, 5.74) is 6.27. The summed E-state index contributed by atoms with van der Waals surface area (Å²) >= 11 is 0. The van der Waals surface area contributed by atoms with Gasteiger partial charge in [-0.25, -0.2) is 0 Å². The van der Waals surface area contributed by atoms with Crippen molar-refractivity contribution in [3.05, 3.63) is 66.1 Å². The normalized spacial score (nSPS) is 11.8. The van der Waals surface area contributed by atoms with Gasteiger partial charge in [0.05, 0.1) is 0 Å². The van der Waals surface area contributed by atoms with Gasteiger partial charge in [-0.3, -0.25) is 4.79 Å². The second kappa shape index (κ2) is 4.88. The smallest absolute Gasteiger partial charge is 0.306 e. The number of benzene rings is 2. The van der Waals surface area contributed by atoms with Gasteiger partial charge in [0.2, 0.25) is 0 Å². The van der Waals surface area contributed by atoms with Crippen LogP contribution < -0.4 is 0 Å². The Hall–Kier alpha value is -2.09. The molecule has 0 saturated heterocycles. The van der Waals surface area contributed by atoms with Crippen LogP contribution in [0.3, 0.4) is 0 Å². The molecule has 0 atom stereocenters. The van der Waals surface area contributed by atoms with Crippen LogP contribution in [0.25, 0.3) is 11.1 Å². The van der Waals surface area contributed by atoms with Crippen LogP contribution in [-0.4, -0.2) is 5.97 Å². The minimum atomic E-state index is -0.256. The van der Waals surface area contributed by atoms with E-state index in [4.69, 9.17) is 4.74 Å². The summed E-state index contributed by atoms with van der Waals surface area (Å²) in [7, 11) is 0. The standard InChI is InChI=1S/C17H15O2/c1-2-17(18)19-11-13-7-5-9-15-14-8-4-3-6-12(14)10-16(13)15/h3-9H,1-2,10-11H2. The van der Waals surface area contributed by atoms with E-state index in [-0.39, 0.29) is 12.4 Å². The summed E-state index contributed by atoms with van der Waals surface area (Å²) in [6, 6.07) is 14.6. The molecule has 0 spiro atoms. The Morgan fingerprint density at radius 2 is 1.89 bits per heavy atom. The zero-order valence-corrected chi connectivity index (χ0v) is 10.7. The molecule has 0 amide bonds. The van der Waals surface area contributed by atoms with E-state index in [9.17, 15) is 4.79 Å². The molecule has 0 bridgehead atoms. The Bertz CT molecular complexity index is 629. The topological polar surface area (TPSA) is 26.3 Å². The summed E-state index contributed by atoms with van der Waals surface area (Å²) < 4.78 is 5.20. The van der Waals surface area contributed by atoms with Crippen LogP contribution in [0.4, 0.5) is 0 Å². The van der Waals surface area contributed by atoms with E-state index in [1.807, 2.05) is 12.1 Å². The molecule has 2 heteroatoms. The highest BCUT2D eigenvalue weighted by atomic mass is 16.5. The molecule has 0 aromatic heterocycles. The number of carbonyl (C=O) groups excluding carboxylic acids is 1. The van der Waals surface area contributed by atoms with Gasteiger partial charge >= 0.3 is 5.97 Å². The quantitative estimate of drug-likeness (QED) is 0.666. The number of ether oxygens (including phenoxy) is 1. The molecular weight excluding hydrogens is 236 g/mol. The van der Waals surface area contributed by atoms with Gasteiger partial charge in [0.25, 0.3) is 0 Å². The lowest BCUT2D eigenvalue weighted by Gasteiger charge is -2.09. The van der Waals surface area contributed by atoms with Gasteiger partial charge in [-0.05, 0) is 41.2 Å². The van der Waals surface area contributed by atoms with Gasteiger partial charge in [0, 0.05) is 6.42 Å². The van der Waals surface area contributed by atoms with Crippen molar-refractivity contribution < 1.29 is 9.53 Å². The number of hydrogen-bond acceptors (Lipinski definition) is 2. The van der Waals surface area contributed by atoms with Crippen molar-refractivity contribution in [2.24, 2.45) is 0 Å². The van der Waals surface area contributed by atoms with Gasteiger partial charge in [0.1, 0.15) is 6.61 Å².